The van der Waals surface area contributed by atoms with Crippen molar-refractivity contribution in [2.45, 2.75) is 13.5 Å². The standard InChI is InChI=1S/C17H21N3O/c1-14-12-16(6-5-15(14)13-21)19-8-10-20(11-9-19)17-4-2-3-7-18-17/h2-7,12,21H,8-11,13H2,1H3. The van der Waals surface area contributed by atoms with Gasteiger partial charge in [-0.25, -0.2) is 4.98 Å². The maximum Gasteiger partial charge on any atom is 0.128 e. The quantitative estimate of drug-likeness (QED) is 0.937. The summed E-state index contributed by atoms with van der Waals surface area (Å²) in [6, 6.07) is 12.3. The van der Waals surface area contributed by atoms with Crippen molar-refractivity contribution in [2.24, 2.45) is 0 Å². The van der Waals surface area contributed by atoms with Crippen molar-refractivity contribution < 1.29 is 5.11 Å². The highest BCUT2D eigenvalue weighted by atomic mass is 16.3. The third kappa shape index (κ3) is 3.00. The minimum atomic E-state index is 0.111. The number of hydrogen-bond acceptors (Lipinski definition) is 4. The lowest BCUT2D eigenvalue weighted by molar-refractivity contribution is 0.281. The van der Waals surface area contributed by atoms with E-state index in [4.69, 9.17) is 0 Å². The van der Waals surface area contributed by atoms with E-state index in [1.807, 2.05) is 24.4 Å². The van der Waals surface area contributed by atoms with Crippen LogP contribution in [0.15, 0.2) is 42.6 Å². The minimum Gasteiger partial charge on any atom is -0.392 e. The van der Waals surface area contributed by atoms with Gasteiger partial charge in [-0.2, -0.15) is 0 Å². The zero-order valence-electron chi connectivity index (χ0n) is 12.4. The first-order valence-corrected chi connectivity index (χ1v) is 7.39. The van der Waals surface area contributed by atoms with Crippen LogP contribution in [-0.2, 0) is 6.61 Å². The SMILES string of the molecule is Cc1cc(N2CCN(c3ccccn3)CC2)ccc1CO. The molecule has 0 amide bonds. The molecule has 1 aromatic heterocycles. The third-order valence-electron chi connectivity index (χ3n) is 4.11. The second-order valence-electron chi connectivity index (χ2n) is 5.43. The van der Waals surface area contributed by atoms with Crippen LogP contribution in [0.2, 0.25) is 0 Å². The fourth-order valence-electron chi connectivity index (χ4n) is 2.79. The number of benzene rings is 1. The molecule has 2 heterocycles. The smallest absolute Gasteiger partial charge is 0.128 e. The second-order valence-corrected chi connectivity index (χ2v) is 5.43. The molecule has 0 atom stereocenters. The van der Waals surface area contributed by atoms with Crippen molar-refractivity contribution >= 4 is 11.5 Å². The Morgan fingerprint density at radius 1 is 1.05 bits per heavy atom. The van der Waals surface area contributed by atoms with Gasteiger partial charge in [0, 0.05) is 38.1 Å². The Morgan fingerprint density at radius 2 is 1.81 bits per heavy atom. The number of piperazine rings is 1. The van der Waals surface area contributed by atoms with E-state index in [1.165, 1.54) is 5.69 Å². The van der Waals surface area contributed by atoms with E-state index >= 15 is 0 Å². The maximum absolute atomic E-state index is 9.25. The van der Waals surface area contributed by atoms with Gasteiger partial charge in [-0.05, 0) is 42.3 Å². The molecule has 4 heteroatoms. The van der Waals surface area contributed by atoms with Crippen LogP contribution in [0, 0.1) is 6.92 Å². The average Bonchev–Trinajstić information content (AvgIpc) is 2.56. The molecule has 1 saturated heterocycles. The molecule has 1 fully saturated rings. The molecule has 0 unspecified atom stereocenters. The fourth-order valence-corrected chi connectivity index (χ4v) is 2.79. The zero-order valence-corrected chi connectivity index (χ0v) is 12.4. The number of rotatable bonds is 3. The molecular weight excluding hydrogens is 262 g/mol. The predicted molar refractivity (Wildman–Crippen MR) is 85.8 cm³/mol. The normalized spacial score (nSPS) is 15.3. The molecule has 4 nitrogen and oxygen atoms in total. The monoisotopic (exact) mass is 283 g/mol. The van der Waals surface area contributed by atoms with Crippen molar-refractivity contribution in [3.05, 3.63) is 53.7 Å². The number of anilines is 2. The summed E-state index contributed by atoms with van der Waals surface area (Å²) in [4.78, 5) is 9.14. The van der Waals surface area contributed by atoms with E-state index in [2.05, 4.69) is 39.9 Å². The van der Waals surface area contributed by atoms with Crippen molar-refractivity contribution in [1.29, 1.82) is 0 Å². The van der Waals surface area contributed by atoms with Gasteiger partial charge < -0.3 is 14.9 Å². The molecule has 0 bridgehead atoms. The summed E-state index contributed by atoms with van der Waals surface area (Å²) in [6.07, 6.45) is 1.85. The van der Waals surface area contributed by atoms with E-state index in [0.29, 0.717) is 0 Å². The largest absolute Gasteiger partial charge is 0.392 e. The van der Waals surface area contributed by atoms with Gasteiger partial charge in [0.15, 0.2) is 0 Å². The van der Waals surface area contributed by atoms with Gasteiger partial charge in [-0.15, -0.1) is 0 Å². The van der Waals surface area contributed by atoms with Gasteiger partial charge in [0.25, 0.3) is 0 Å². The third-order valence-corrected chi connectivity index (χ3v) is 4.11. The minimum absolute atomic E-state index is 0.111. The van der Waals surface area contributed by atoms with Gasteiger partial charge in [-0.3, -0.25) is 0 Å². The Kier molecular flexibility index (Phi) is 4.06. The van der Waals surface area contributed by atoms with E-state index in [-0.39, 0.29) is 6.61 Å². The summed E-state index contributed by atoms with van der Waals surface area (Å²) >= 11 is 0. The first-order valence-electron chi connectivity index (χ1n) is 7.39. The fraction of sp³-hybridized carbons (Fsp3) is 0.353. The molecule has 2 aromatic rings. The van der Waals surface area contributed by atoms with E-state index in [0.717, 1.165) is 43.1 Å². The molecule has 1 N–H and O–H groups in total. The van der Waals surface area contributed by atoms with Crippen LogP contribution >= 0.6 is 0 Å². The lowest BCUT2D eigenvalue weighted by Crippen LogP contribution is -2.46. The summed E-state index contributed by atoms with van der Waals surface area (Å²) < 4.78 is 0. The average molecular weight is 283 g/mol. The molecular formula is C17H21N3O. The van der Waals surface area contributed by atoms with Crippen molar-refractivity contribution in [3.63, 3.8) is 0 Å². The lowest BCUT2D eigenvalue weighted by Gasteiger charge is -2.37. The van der Waals surface area contributed by atoms with Gasteiger partial charge in [0.05, 0.1) is 6.61 Å². The van der Waals surface area contributed by atoms with Crippen LogP contribution in [0.4, 0.5) is 11.5 Å². The summed E-state index contributed by atoms with van der Waals surface area (Å²) in [5.41, 5.74) is 3.40. The van der Waals surface area contributed by atoms with Crippen LogP contribution < -0.4 is 9.80 Å². The molecule has 21 heavy (non-hydrogen) atoms. The van der Waals surface area contributed by atoms with Crippen LogP contribution in [0.5, 0.6) is 0 Å². The summed E-state index contributed by atoms with van der Waals surface area (Å²) in [5.74, 6) is 1.06. The number of aromatic nitrogens is 1. The molecule has 110 valence electrons. The van der Waals surface area contributed by atoms with Crippen LogP contribution in [0.1, 0.15) is 11.1 Å². The highest BCUT2D eigenvalue weighted by Crippen LogP contribution is 2.22. The first kappa shape index (κ1) is 13.9. The number of aryl methyl sites for hydroxylation is 1. The van der Waals surface area contributed by atoms with Crippen molar-refractivity contribution in [1.82, 2.24) is 4.98 Å². The van der Waals surface area contributed by atoms with Crippen molar-refractivity contribution in [3.8, 4) is 0 Å². The lowest BCUT2D eigenvalue weighted by atomic mass is 10.1. The Morgan fingerprint density at radius 3 is 2.43 bits per heavy atom. The number of aliphatic hydroxyl groups is 1. The number of pyridine rings is 1. The topological polar surface area (TPSA) is 39.6 Å². The van der Waals surface area contributed by atoms with Gasteiger partial charge in [-0.1, -0.05) is 12.1 Å². The maximum atomic E-state index is 9.25. The first-order chi connectivity index (χ1) is 10.3. The number of aliphatic hydroxyl groups excluding tert-OH is 1. The Hall–Kier alpha value is -2.07. The molecule has 1 aliphatic heterocycles. The van der Waals surface area contributed by atoms with E-state index in [9.17, 15) is 5.11 Å². The molecule has 1 aliphatic rings. The summed E-state index contributed by atoms with van der Waals surface area (Å²) in [7, 11) is 0. The zero-order chi connectivity index (χ0) is 14.7. The Bertz CT molecular complexity index is 592. The van der Waals surface area contributed by atoms with Gasteiger partial charge in [0.2, 0.25) is 0 Å². The molecule has 0 radical (unpaired) electrons. The second kappa shape index (κ2) is 6.14. The molecule has 3 rings (SSSR count). The number of hydrogen-bond donors (Lipinski definition) is 1. The highest BCUT2D eigenvalue weighted by molar-refractivity contribution is 5.52. The summed E-state index contributed by atoms with van der Waals surface area (Å²) in [5, 5.41) is 9.25. The molecule has 1 aromatic carbocycles. The van der Waals surface area contributed by atoms with Crippen LogP contribution in [0.3, 0.4) is 0 Å². The number of nitrogens with zero attached hydrogens (tertiary/aromatic N) is 3. The Balaban J connectivity index is 1.67. The summed E-state index contributed by atoms with van der Waals surface area (Å²) in [6.45, 7) is 6.12. The van der Waals surface area contributed by atoms with E-state index in [1.54, 1.807) is 0 Å². The van der Waals surface area contributed by atoms with Gasteiger partial charge >= 0.3 is 0 Å². The predicted octanol–water partition coefficient (Wildman–Crippen LogP) is 2.21. The molecule has 0 spiro atoms. The molecule has 0 aliphatic carbocycles. The van der Waals surface area contributed by atoms with Crippen LogP contribution in [-0.4, -0.2) is 36.3 Å². The highest BCUT2D eigenvalue weighted by Gasteiger charge is 2.18. The Labute approximate surface area is 125 Å². The van der Waals surface area contributed by atoms with Gasteiger partial charge in [0.1, 0.15) is 5.82 Å². The molecule has 0 saturated carbocycles. The van der Waals surface area contributed by atoms with E-state index < -0.39 is 0 Å². The van der Waals surface area contributed by atoms with Crippen molar-refractivity contribution in [2.75, 3.05) is 36.0 Å². The van der Waals surface area contributed by atoms with Crippen LogP contribution in [0.25, 0.3) is 0 Å².